The van der Waals surface area contributed by atoms with Crippen LogP contribution >= 0.6 is 0 Å². The summed E-state index contributed by atoms with van der Waals surface area (Å²) >= 11 is 0. The van der Waals surface area contributed by atoms with Crippen LogP contribution in [0.5, 0.6) is 5.75 Å². The first-order valence-electron chi connectivity index (χ1n) is 5.90. The molecule has 0 N–H and O–H groups in total. The topological polar surface area (TPSA) is 18.5 Å². The number of halogens is 3. The maximum Gasteiger partial charge on any atom is 1.00 e. The molecule has 0 aliphatic rings. The van der Waals surface area contributed by atoms with E-state index in [1.807, 2.05) is 13.8 Å². The van der Waals surface area contributed by atoms with Crippen molar-refractivity contribution in [2.75, 3.05) is 19.8 Å². The Labute approximate surface area is 154 Å². The minimum absolute atomic E-state index is 0. The van der Waals surface area contributed by atoms with Gasteiger partial charge in [-0.3, -0.25) is 0 Å². The molecule has 0 fully saturated rings. The number of benzene rings is 1. The molecule has 0 aliphatic heterocycles. The maximum atomic E-state index is 12.5. The van der Waals surface area contributed by atoms with Gasteiger partial charge in [-0.15, -0.1) is 5.46 Å². The number of hydrogen-bond acceptors (Lipinski definition) is 2. The Morgan fingerprint density at radius 1 is 1.16 bits per heavy atom. The zero-order valence-corrected chi connectivity index (χ0v) is 14.7. The van der Waals surface area contributed by atoms with Crippen LogP contribution < -0.4 is 61.6 Å². The van der Waals surface area contributed by atoms with Gasteiger partial charge in [-0.05, 0) is 18.1 Å². The van der Waals surface area contributed by atoms with Gasteiger partial charge in [0.15, 0.2) is 0 Å². The van der Waals surface area contributed by atoms with E-state index in [2.05, 4.69) is 0 Å². The fourth-order valence-corrected chi connectivity index (χ4v) is 1.35. The van der Waals surface area contributed by atoms with Crippen molar-refractivity contribution in [3.63, 3.8) is 0 Å². The molecule has 0 unspecified atom stereocenters. The summed E-state index contributed by atoms with van der Waals surface area (Å²) in [4.78, 5) is 0. The minimum atomic E-state index is -4.97. The average molecular weight is 300 g/mol. The van der Waals surface area contributed by atoms with E-state index in [1.165, 1.54) is 12.1 Å². The zero-order chi connectivity index (χ0) is 13.6. The van der Waals surface area contributed by atoms with Crippen LogP contribution in [-0.2, 0) is 4.74 Å². The third-order valence-electron chi connectivity index (χ3n) is 2.18. The SMILES string of the molecule is CC(C)COCCOc1cccc([B-](F)(F)F)c1.[K+]. The summed E-state index contributed by atoms with van der Waals surface area (Å²) in [5.74, 6) is 0.654. The van der Waals surface area contributed by atoms with Gasteiger partial charge >= 0.3 is 58.4 Å². The first kappa shape index (κ1) is 19.5. The first-order valence-corrected chi connectivity index (χ1v) is 5.90. The van der Waals surface area contributed by atoms with E-state index in [1.54, 1.807) is 0 Å². The fourth-order valence-electron chi connectivity index (χ4n) is 1.35. The summed E-state index contributed by atoms with van der Waals surface area (Å²) in [6, 6.07) is 4.91. The molecule has 0 saturated heterocycles. The molecule has 0 aliphatic carbocycles. The van der Waals surface area contributed by atoms with Gasteiger partial charge in [-0.2, -0.15) is 0 Å². The summed E-state index contributed by atoms with van der Waals surface area (Å²) in [6.07, 6.45) is 0. The maximum absolute atomic E-state index is 12.5. The Bertz CT molecular complexity index is 372. The van der Waals surface area contributed by atoms with E-state index < -0.39 is 12.4 Å². The average Bonchev–Trinajstić information content (AvgIpc) is 2.27. The number of ether oxygens (including phenoxy) is 2. The summed E-state index contributed by atoms with van der Waals surface area (Å²) in [5.41, 5.74) is -0.643. The second-order valence-corrected chi connectivity index (χ2v) is 4.46. The Morgan fingerprint density at radius 2 is 1.84 bits per heavy atom. The molecule has 19 heavy (non-hydrogen) atoms. The smallest absolute Gasteiger partial charge is 0.491 e. The van der Waals surface area contributed by atoms with Crippen molar-refractivity contribution in [3.05, 3.63) is 24.3 Å². The summed E-state index contributed by atoms with van der Waals surface area (Å²) in [6.45, 7) is 0.321. The van der Waals surface area contributed by atoms with Crippen LogP contribution in [-0.4, -0.2) is 26.8 Å². The summed E-state index contributed by atoms with van der Waals surface area (Å²) in [5, 5.41) is 0. The Hall–Kier alpha value is 0.471. The van der Waals surface area contributed by atoms with Gasteiger partial charge in [-0.25, -0.2) is 0 Å². The molecule has 2 nitrogen and oxygen atoms in total. The molecule has 7 heteroatoms. The van der Waals surface area contributed by atoms with Crippen molar-refractivity contribution in [1.29, 1.82) is 0 Å². The van der Waals surface area contributed by atoms with Gasteiger partial charge in [-0.1, -0.05) is 26.0 Å². The van der Waals surface area contributed by atoms with Crippen molar-refractivity contribution in [2.24, 2.45) is 5.92 Å². The standard InChI is InChI=1S/C12H17BF3O2.K/c1-10(2)9-17-6-7-18-12-5-3-4-11(8-12)13(14,15)16;/h3-5,8,10H,6-7,9H2,1-2H3;/q-1;+1. The molecule has 1 aromatic rings. The largest absolute Gasteiger partial charge is 1.00 e. The molecule has 1 rings (SSSR count). The van der Waals surface area contributed by atoms with Crippen molar-refractivity contribution < 1.29 is 73.8 Å². The molecular weight excluding hydrogens is 283 g/mol. The van der Waals surface area contributed by atoms with Crippen LogP contribution in [0, 0.1) is 5.92 Å². The quantitative estimate of drug-likeness (QED) is 0.513. The minimum Gasteiger partial charge on any atom is -0.491 e. The van der Waals surface area contributed by atoms with Crippen LogP contribution in [0.2, 0.25) is 0 Å². The Kier molecular flexibility index (Phi) is 9.65. The van der Waals surface area contributed by atoms with Crippen LogP contribution in [0.1, 0.15) is 13.8 Å². The van der Waals surface area contributed by atoms with Crippen LogP contribution in [0.15, 0.2) is 24.3 Å². The molecule has 0 radical (unpaired) electrons. The summed E-state index contributed by atoms with van der Waals surface area (Å²) < 4.78 is 47.9. The third-order valence-corrected chi connectivity index (χ3v) is 2.18. The van der Waals surface area contributed by atoms with Gasteiger partial charge in [0.05, 0.1) is 6.61 Å². The van der Waals surface area contributed by atoms with Gasteiger partial charge in [0.1, 0.15) is 12.4 Å². The van der Waals surface area contributed by atoms with Crippen LogP contribution in [0.3, 0.4) is 0 Å². The predicted molar refractivity (Wildman–Crippen MR) is 66.3 cm³/mol. The van der Waals surface area contributed by atoms with E-state index in [9.17, 15) is 12.9 Å². The zero-order valence-electron chi connectivity index (χ0n) is 11.5. The molecule has 0 aromatic heterocycles. The fraction of sp³-hybridized carbons (Fsp3) is 0.500. The molecule has 0 heterocycles. The van der Waals surface area contributed by atoms with Crippen molar-refractivity contribution in [1.82, 2.24) is 0 Å². The predicted octanol–water partition coefficient (Wildman–Crippen LogP) is -0.204. The molecule has 0 atom stereocenters. The number of hydrogen-bond donors (Lipinski definition) is 0. The van der Waals surface area contributed by atoms with Gasteiger partial charge in [0, 0.05) is 6.61 Å². The third kappa shape index (κ3) is 8.37. The molecule has 0 spiro atoms. The number of rotatable bonds is 7. The molecule has 1 aromatic carbocycles. The second-order valence-electron chi connectivity index (χ2n) is 4.46. The van der Waals surface area contributed by atoms with Gasteiger partial charge < -0.3 is 22.4 Å². The summed E-state index contributed by atoms with van der Waals surface area (Å²) in [7, 11) is 0. The normalized spacial score (nSPS) is 11.3. The molecule has 0 amide bonds. The first-order chi connectivity index (χ1) is 8.39. The molecule has 0 saturated carbocycles. The van der Waals surface area contributed by atoms with Crippen molar-refractivity contribution >= 4 is 12.4 Å². The second kappa shape index (κ2) is 9.42. The van der Waals surface area contributed by atoms with Gasteiger partial charge in [0.2, 0.25) is 0 Å². The van der Waals surface area contributed by atoms with Crippen LogP contribution in [0.4, 0.5) is 12.9 Å². The van der Waals surface area contributed by atoms with Gasteiger partial charge in [0.25, 0.3) is 0 Å². The Morgan fingerprint density at radius 3 is 2.42 bits per heavy atom. The van der Waals surface area contributed by atoms with Crippen molar-refractivity contribution in [2.45, 2.75) is 13.8 Å². The molecular formula is C12H17BF3KO2. The van der Waals surface area contributed by atoms with E-state index in [0.29, 0.717) is 19.1 Å². The van der Waals surface area contributed by atoms with E-state index >= 15 is 0 Å². The van der Waals surface area contributed by atoms with E-state index in [0.717, 1.165) is 12.1 Å². The van der Waals surface area contributed by atoms with Crippen LogP contribution in [0.25, 0.3) is 0 Å². The monoisotopic (exact) mass is 300 g/mol. The van der Waals surface area contributed by atoms with E-state index in [-0.39, 0.29) is 63.7 Å². The van der Waals surface area contributed by atoms with E-state index in [4.69, 9.17) is 9.47 Å². The van der Waals surface area contributed by atoms with Crippen molar-refractivity contribution in [3.8, 4) is 5.75 Å². The Balaban J connectivity index is 0.00000324. The molecule has 102 valence electrons. The molecule has 0 bridgehead atoms.